The Kier molecular flexibility index (Phi) is 4.13. The van der Waals surface area contributed by atoms with E-state index in [2.05, 4.69) is 20.7 Å². The minimum atomic E-state index is -0.542. The Labute approximate surface area is 101 Å². The summed E-state index contributed by atoms with van der Waals surface area (Å²) in [6.07, 6.45) is 0. The molecule has 0 amide bonds. The van der Waals surface area contributed by atoms with Gasteiger partial charge in [0.05, 0.1) is 18.2 Å². The fourth-order valence-electron chi connectivity index (χ4n) is 1.12. The van der Waals surface area contributed by atoms with Crippen LogP contribution in [0.25, 0.3) is 0 Å². The lowest BCUT2D eigenvalue weighted by molar-refractivity contribution is 0.0600. The number of hydrogen-bond donors (Lipinski definition) is 0. The van der Waals surface area contributed by atoms with Crippen LogP contribution in [0.5, 0.6) is 0 Å². The Morgan fingerprint density at radius 1 is 1.67 bits per heavy atom. The van der Waals surface area contributed by atoms with Gasteiger partial charge in [-0.05, 0) is 33.6 Å². The molecule has 1 aromatic carbocycles. The van der Waals surface area contributed by atoms with Crippen molar-refractivity contribution in [3.05, 3.63) is 33.3 Å². The van der Waals surface area contributed by atoms with Gasteiger partial charge in [0.25, 0.3) is 0 Å². The first-order valence-corrected chi connectivity index (χ1v) is 5.33. The summed E-state index contributed by atoms with van der Waals surface area (Å²) < 4.78 is 5.12. The van der Waals surface area contributed by atoms with E-state index in [1.165, 1.54) is 7.11 Å². The predicted molar refractivity (Wildman–Crippen MR) is 59.8 cm³/mol. The second-order valence-corrected chi connectivity index (χ2v) is 3.86. The SMILES string of the molecule is COC(=O)c1cc(CCl)cc(Br)c1C#N. The van der Waals surface area contributed by atoms with Crippen molar-refractivity contribution in [2.24, 2.45) is 0 Å². The van der Waals surface area contributed by atoms with E-state index in [1.807, 2.05) is 6.07 Å². The van der Waals surface area contributed by atoms with Crippen molar-refractivity contribution in [2.45, 2.75) is 5.88 Å². The zero-order valence-corrected chi connectivity index (χ0v) is 10.2. The molecule has 0 aliphatic heterocycles. The van der Waals surface area contributed by atoms with Gasteiger partial charge in [-0.2, -0.15) is 5.26 Å². The van der Waals surface area contributed by atoms with Crippen LogP contribution in [0.4, 0.5) is 0 Å². The third-order valence-corrected chi connectivity index (χ3v) is 2.76. The van der Waals surface area contributed by atoms with Gasteiger partial charge < -0.3 is 4.74 Å². The maximum absolute atomic E-state index is 11.4. The first kappa shape index (κ1) is 12.0. The second kappa shape index (κ2) is 5.15. The molecule has 3 nitrogen and oxygen atoms in total. The summed E-state index contributed by atoms with van der Waals surface area (Å²) in [7, 11) is 1.27. The Morgan fingerprint density at radius 3 is 2.80 bits per heavy atom. The lowest BCUT2D eigenvalue weighted by atomic mass is 10.1. The van der Waals surface area contributed by atoms with Crippen molar-refractivity contribution in [2.75, 3.05) is 7.11 Å². The molecule has 1 rings (SSSR count). The quantitative estimate of drug-likeness (QED) is 0.621. The number of nitrogens with zero attached hydrogens (tertiary/aromatic N) is 1. The van der Waals surface area contributed by atoms with Crippen LogP contribution in [-0.2, 0) is 10.6 Å². The summed E-state index contributed by atoms with van der Waals surface area (Å²) in [6.45, 7) is 0. The Morgan fingerprint density at radius 2 is 2.33 bits per heavy atom. The lowest BCUT2D eigenvalue weighted by Gasteiger charge is -2.06. The van der Waals surface area contributed by atoms with Gasteiger partial charge in [0, 0.05) is 10.4 Å². The highest BCUT2D eigenvalue weighted by atomic mass is 79.9. The highest BCUT2D eigenvalue weighted by Gasteiger charge is 2.15. The van der Waals surface area contributed by atoms with E-state index in [1.54, 1.807) is 12.1 Å². The molecular weight excluding hydrogens is 281 g/mol. The number of methoxy groups -OCH3 is 1. The minimum Gasteiger partial charge on any atom is -0.465 e. The Bertz CT molecular complexity index is 440. The number of carbonyl (C=O) groups excluding carboxylic acids is 1. The third-order valence-electron chi connectivity index (χ3n) is 1.82. The first-order valence-electron chi connectivity index (χ1n) is 4.00. The Balaban J connectivity index is 3.40. The van der Waals surface area contributed by atoms with Crippen LogP contribution >= 0.6 is 27.5 Å². The largest absolute Gasteiger partial charge is 0.465 e. The Hall–Kier alpha value is -1.05. The number of carbonyl (C=O) groups is 1. The van der Waals surface area contributed by atoms with Gasteiger partial charge in [0.1, 0.15) is 6.07 Å². The van der Waals surface area contributed by atoms with Gasteiger partial charge in [-0.3, -0.25) is 0 Å². The molecule has 0 radical (unpaired) electrons. The molecule has 0 aliphatic rings. The first-order chi connectivity index (χ1) is 7.13. The summed E-state index contributed by atoms with van der Waals surface area (Å²) in [4.78, 5) is 11.4. The van der Waals surface area contributed by atoms with Crippen LogP contribution in [0.15, 0.2) is 16.6 Å². The van der Waals surface area contributed by atoms with Gasteiger partial charge in [-0.25, -0.2) is 4.79 Å². The van der Waals surface area contributed by atoms with E-state index in [9.17, 15) is 4.79 Å². The van der Waals surface area contributed by atoms with E-state index >= 15 is 0 Å². The maximum Gasteiger partial charge on any atom is 0.339 e. The molecule has 0 unspecified atom stereocenters. The van der Waals surface area contributed by atoms with Crippen LogP contribution in [0, 0.1) is 11.3 Å². The molecule has 0 N–H and O–H groups in total. The standard InChI is InChI=1S/C10H7BrClNO2/c1-15-10(14)7-2-6(4-12)3-9(11)8(7)5-13/h2-3H,4H2,1H3. The van der Waals surface area contributed by atoms with Crippen molar-refractivity contribution in [3.63, 3.8) is 0 Å². The fraction of sp³-hybridized carbons (Fsp3) is 0.200. The molecule has 78 valence electrons. The van der Waals surface area contributed by atoms with E-state index < -0.39 is 5.97 Å². The van der Waals surface area contributed by atoms with Gasteiger partial charge in [0.2, 0.25) is 0 Å². The molecule has 0 heterocycles. The second-order valence-electron chi connectivity index (χ2n) is 2.74. The zero-order chi connectivity index (χ0) is 11.4. The van der Waals surface area contributed by atoms with E-state index in [0.29, 0.717) is 4.47 Å². The van der Waals surface area contributed by atoms with Crippen molar-refractivity contribution < 1.29 is 9.53 Å². The monoisotopic (exact) mass is 287 g/mol. The molecule has 0 atom stereocenters. The third kappa shape index (κ3) is 2.49. The van der Waals surface area contributed by atoms with Crippen LogP contribution in [0.1, 0.15) is 21.5 Å². The highest BCUT2D eigenvalue weighted by molar-refractivity contribution is 9.10. The van der Waals surface area contributed by atoms with Crippen molar-refractivity contribution in [3.8, 4) is 6.07 Å². The number of esters is 1. The number of alkyl halides is 1. The average molecular weight is 289 g/mol. The van der Waals surface area contributed by atoms with Crippen molar-refractivity contribution >= 4 is 33.5 Å². The van der Waals surface area contributed by atoms with Gasteiger partial charge in [-0.15, -0.1) is 11.6 Å². The molecular formula is C10H7BrClNO2. The minimum absolute atomic E-state index is 0.227. The summed E-state index contributed by atoms with van der Waals surface area (Å²) in [5, 5.41) is 8.89. The molecule has 1 aromatic rings. The van der Waals surface area contributed by atoms with Crippen LogP contribution in [-0.4, -0.2) is 13.1 Å². The van der Waals surface area contributed by atoms with Crippen molar-refractivity contribution in [1.29, 1.82) is 5.26 Å². The number of nitriles is 1. The van der Waals surface area contributed by atoms with Crippen LogP contribution in [0.3, 0.4) is 0 Å². The van der Waals surface area contributed by atoms with Crippen LogP contribution < -0.4 is 0 Å². The molecule has 0 fully saturated rings. The van der Waals surface area contributed by atoms with Gasteiger partial charge in [-0.1, -0.05) is 0 Å². The molecule has 0 bridgehead atoms. The van der Waals surface area contributed by atoms with Crippen molar-refractivity contribution in [1.82, 2.24) is 0 Å². The van der Waals surface area contributed by atoms with Gasteiger partial charge in [0.15, 0.2) is 0 Å². The molecule has 0 saturated carbocycles. The summed E-state index contributed by atoms with van der Waals surface area (Å²) in [5.41, 5.74) is 1.24. The number of halogens is 2. The van der Waals surface area contributed by atoms with E-state index in [0.717, 1.165) is 5.56 Å². The normalized spacial score (nSPS) is 9.47. The zero-order valence-electron chi connectivity index (χ0n) is 7.88. The number of benzene rings is 1. The molecule has 0 spiro atoms. The maximum atomic E-state index is 11.4. The molecule has 5 heteroatoms. The summed E-state index contributed by atoms with van der Waals surface area (Å²) in [5.74, 6) is -0.270. The highest BCUT2D eigenvalue weighted by Crippen LogP contribution is 2.24. The molecule has 15 heavy (non-hydrogen) atoms. The molecule has 0 aliphatic carbocycles. The number of rotatable bonds is 2. The lowest BCUT2D eigenvalue weighted by Crippen LogP contribution is -2.05. The van der Waals surface area contributed by atoms with Gasteiger partial charge >= 0.3 is 5.97 Å². The summed E-state index contributed by atoms with van der Waals surface area (Å²) >= 11 is 8.87. The van der Waals surface area contributed by atoms with E-state index in [4.69, 9.17) is 16.9 Å². The fourth-order valence-corrected chi connectivity index (χ4v) is 1.88. The smallest absolute Gasteiger partial charge is 0.339 e. The predicted octanol–water partition coefficient (Wildman–Crippen LogP) is 2.85. The number of ether oxygens (including phenoxy) is 1. The van der Waals surface area contributed by atoms with E-state index in [-0.39, 0.29) is 17.0 Å². The molecule has 0 aromatic heterocycles. The van der Waals surface area contributed by atoms with Crippen LogP contribution in [0.2, 0.25) is 0 Å². The topological polar surface area (TPSA) is 50.1 Å². The summed E-state index contributed by atoms with van der Waals surface area (Å²) in [6, 6.07) is 5.20. The molecule has 0 saturated heterocycles. The average Bonchev–Trinajstić information content (AvgIpc) is 2.26. The number of hydrogen-bond acceptors (Lipinski definition) is 3.